The van der Waals surface area contributed by atoms with E-state index < -0.39 is 5.69 Å². The molecule has 0 fully saturated rings. The zero-order valence-electron chi connectivity index (χ0n) is 20.8. The van der Waals surface area contributed by atoms with Gasteiger partial charge in [0.25, 0.3) is 0 Å². The average molecular weight is 513 g/mol. The zero-order chi connectivity index (χ0) is 24.4. The lowest BCUT2D eigenvalue weighted by Crippen LogP contribution is -2.01. The maximum atomic E-state index is 6.51. The number of hydrogen-bond donors (Lipinski definition) is 0. The van der Waals surface area contributed by atoms with Crippen LogP contribution in [0, 0.1) is 0 Å². The molecule has 0 spiro atoms. The molecule has 0 heterocycles. The standard InChI is InChI=1S/C29H37O2PS2/c1-5-12-23(3)26-16-10-18-28(20-26)30-32(33,34-22-25-14-8-7-9-15-25)31-29-19-11-17-27(21-29)24(4)13-6-2/h7-11,14-21,23-24H,5-6,12-13,22H2,1-4H3. The molecule has 0 saturated heterocycles. The Morgan fingerprint density at radius 1 is 0.735 bits per heavy atom. The molecule has 2 atom stereocenters. The second-order valence-corrected chi connectivity index (χ2v) is 15.1. The Kier molecular flexibility index (Phi) is 10.6. The van der Waals surface area contributed by atoms with Crippen molar-refractivity contribution in [2.24, 2.45) is 0 Å². The molecule has 0 bridgehead atoms. The van der Waals surface area contributed by atoms with Crippen molar-refractivity contribution in [2.75, 3.05) is 0 Å². The highest BCUT2D eigenvalue weighted by Crippen LogP contribution is 2.61. The maximum absolute atomic E-state index is 6.51. The van der Waals surface area contributed by atoms with Gasteiger partial charge in [-0.15, -0.1) is 0 Å². The first-order valence-corrected chi connectivity index (χ1v) is 16.5. The van der Waals surface area contributed by atoms with Crippen LogP contribution in [0.5, 0.6) is 11.5 Å². The van der Waals surface area contributed by atoms with Gasteiger partial charge < -0.3 is 9.05 Å². The van der Waals surface area contributed by atoms with E-state index in [4.69, 9.17) is 20.9 Å². The number of benzene rings is 3. The van der Waals surface area contributed by atoms with E-state index in [1.165, 1.54) is 16.7 Å². The first kappa shape index (κ1) is 26.9. The molecule has 3 aromatic rings. The van der Waals surface area contributed by atoms with Crippen molar-refractivity contribution >= 4 is 28.9 Å². The van der Waals surface area contributed by atoms with Gasteiger partial charge >= 0.3 is 5.69 Å². The van der Waals surface area contributed by atoms with Gasteiger partial charge in [-0.2, -0.15) is 0 Å². The first-order chi connectivity index (χ1) is 16.4. The van der Waals surface area contributed by atoms with Crippen LogP contribution in [-0.4, -0.2) is 0 Å². The van der Waals surface area contributed by atoms with Gasteiger partial charge in [0.2, 0.25) is 0 Å². The van der Waals surface area contributed by atoms with E-state index in [1.54, 1.807) is 11.4 Å². The molecular weight excluding hydrogens is 475 g/mol. The van der Waals surface area contributed by atoms with Crippen molar-refractivity contribution in [1.82, 2.24) is 0 Å². The molecule has 0 aliphatic heterocycles. The molecule has 2 nitrogen and oxygen atoms in total. The Hall–Kier alpha value is -1.74. The summed E-state index contributed by atoms with van der Waals surface area (Å²) in [6, 6.07) is 27.1. The van der Waals surface area contributed by atoms with Crippen molar-refractivity contribution in [1.29, 1.82) is 0 Å². The van der Waals surface area contributed by atoms with Crippen molar-refractivity contribution in [3.63, 3.8) is 0 Å². The molecule has 5 heteroatoms. The largest absolute Gasteiger partial charge is 0.428 e. The summed E-state index contributed by atoms with van der Waals surface area (Å²) in [6.07, 6.45) is 4.62. The van der Waals surface area contributed by atoms with Crippen LogP contribution < -0.4 is 9.05 Å². The fraction of sp³-hybridized carbons (Fsp3) is 0.379. The number of hydrogen-bond acceptors (Lipinski definition) is 4. The van der Waals surface area contributed by atoms with Gasteiger partial charge in [-0.25, -0.2) is 0 Å². The van der Waals surface area contributed by atoms with Gasteiger partial charge in [-0.05, 0) is 88.8 Å². The maximum Gasteiger partial charge on any atom is 0.348 e. The third-order valence-electron chi connectivity index (χ3n) is 5.96. The van der Waals surface area contributed by atoms with Gasteiger partial charge in [0, 0.05) is 5.75 Å². The van der Waals surface area contributed by atoms with Crippen LogP contribution in [0.15, 0.2) is 78.9 Å². The molecule has 0 radical (unpaired) electrons. The van der Waals surface area contributed by atoms with E-state index in [0.29, 0.717) is 11.8 Å². The van der Waals surface area contributed by atoms with Crippen LogP contribution >= 0.6 is 17.1 Å². The Bertz CT molecular complexity index is 1010. The van der Waals surface area contributed by atoms with Crippen LogP contribution in [0.1, 0.15) is 81.9 Å². The summed E-state index contributed by atoms with van der Waals surface area (Å²) in [4.78, 5) is 0. The number of rotatable bonds is 13. The average Bonchev–Trinajstić information content (AvgIpc) is 2.84. The van der Waals surface area contributed by atoms with E-state index in [2.05, 4.69) is 88.4 Å². The summed E-state index contributed by atoms with van der Waals surface area (Å²) < 4.78 is 13.0. The summed E-state index contributed by atoms with van der Waals surface area (Å²) in [7, 11) is 0. The monoisotopic (exact) mass is 512 g/mol. The zero-order valence-corrected chi connectivity index (χ0v) is 23.3. The first-order valence-electron chi connectivity index (χ1n) is 12.3. The van der Waals surface area contributed by atoms with Gasteiger partial charge in [-0.3, -0.25) is 0 Å². The van der Waals surface area contributed by atoms with Gasteiger partial charge in [0.05, 0.1) is 0 Å². The lowest BCUT2D eigenvalue weighted by molar-refractivity contribution is 0.504. The minimum absolute atomic E-state index is 0.487. The topological polar surface area (TPSA) is 18.5 Å². The van der Waals surface area contributed by atoms with Crippen molar-refractivity contribution < 1.29 is 9.05 Å². The predicted octanol–water partition coefficient (Wildman–Crippen LogP) is 10.1. The predicted molar refractivity (Wildman–Crippen MR) is 153 cm³/mol. The molecular formula is C29H37O2PS2. The Morgan fingerprint density at radius 2 is 1.24 bits per heavy atom. The second kappa shape index (κ2) is 13.4. The normalized spacial score (nSPS) is 14.7. The molecule has 0 saturated carbocycles. The molecule has 34 heavy (non-hydrogen) atoms. The molecule has 2 unspecified atom stereocenters. The highest BCUT2D eigenvalue weighted by atomic mass is 32.9. The molecule has 0 N–H and O–H groups in total. The van der Waals surface area contributed by atoms with E-state index in [0.717, 1.165) is 42.9 Å². The Labute approximate surface area is 215 Å². The lowest BCUT2D eigenvalue weighted by atomic mass is 9.96. The molecule has 0 amide bonds. The van der Waals surface area contributed by atoms with Gasteiger partial charge in [-0.1, -0.05) is 95.1 Å². The van der Waals surface area contributed by atoms with E-state index in [1.807, 2.05) is 18.2 Å². The van der Waals surface area contributed by atoms with Crippen LogP contribution in [0.2, 0.25) is 0 Å². The summed E-state index contributed by atoms with van der Waals surface area (Å²) in [6.45, 7) is 8.98. The molecule has 0 aromatic heterocycles. The lowest BCUT2D eigenvalue weighted by Gasteiger charge is -2.24. The molecule has 3 aromatic carbocycles. The smallest absolute Gasteiger partial charge is 0.348 e. The van der Waals surface area contributed by atoms with Crippen molar-refractivity contribution in [2.45, 2.75) is 71.0 Å². The minimum atomic E-state index is -2.71. The highest BCUT2D eigenvalue weighted by Gasteiger charge is 2.25. The second-order valence-electron chi connectivity index (χ2n) is 8.91. The quantitative estimate of drug-likeness (QED) is 0.212. The summed E-state index contributed by atoms with van der Waals surface area (Å²) in [5, 5.41) is 0. The fourth-order valence-electron chi connectivity index (χ4n) is 4.01. The minimum Gasteiger partial charge on any atom is -0.428 e. The van der Waals surface area contributed by atoms with Gasteiger partial charge in [0.1, 0.15) is 11.5 Å². The van der Waals surface area contributed by atoms with Crippen LogP contribution in [0.3, 0.4) is 0 Å². The fourth-order valence-corrected chi connectivity index (χ4v) is 8.14. The highest BCUT2D eigenvalue weighted by molar-refractivity contribution is 8.67. The van der Waals surface area contributed by atoms with Crippen molar-refractivity contribution in [3.8, 4) is 11.5 Å². The molecule has 182 valence electrons. The third kappa shape index (κ3) is 8.18. The third-order valence-corrected chi connectivity index (χ3v) is 10.8. The Morgan fingerprint density at radius 3 is 1.71 bits per heavy atom. The van der Waals surface area contributed by atoms with Crippen LogP contribution in [-0.2, 0) is 17.6 Å². The summed E-state index contributed by atoms with van der Waals surface area (Å²) >= 11 is 7.71. The van der Waals surface area contributed by atoms with Crippen LogP contribution in [0.25, 0.3) is 0 Å². The summed E-state index contributed by atoms with van der Waals surface area (Å²) in [5.74, 6) is 3.30. The van der Waals surface area contributed by atoms with Gasteiger partial charge in [0.15, 0.2) is 0 Å². The van der Waals surface area contributed by atoms with Crippen LogP contribution in [0.4, 0.5) is 0 Å². The van der Waals surface area contributed by atoms with Crippen molar-refractivity contribution in [3.05, 3.63) is 95.6 Å². The SMILES string of the molecule is CCCC(C)c1cccc(OP(=S)(Oc2cccc(C(C)CCC)c2)SCc2ccccc2)c1. The summed E-state index contributed by atoms with van der Waals surface area (Å²) in [5.41, 5.74) is 1.07. The van der Waals surface area contributed by atoms with E-state index in [9.17, 15) is 0 Å². The van der Waals surface area contributed by atoms with E-state index >= 15 is 0 Å². The molecule has 0 aliphatic carbocycles. The van der Waals surface area contributed by atoms with E-state index in [-0.39, 0.29) is 0 Å². The molecule has 3 rings (SSSR count). The Balaban J connectivity index is 1.85. The molecule has 0 aliphatic rings.